The maximum Gasteiger partial charge on any atom is 0.519 e. The molecule has 0 radical (unpaired) electrons. The van der Waals surface area contributed by atoms with Crippen LogP contribution in [0.3, 0.4) is 0 Å². The van der Waals surface area contributed by atoms with Gasteiger partial charge in [0.1, 0.15) is 34.5 Å². The van der Waals surface area contributed by atoms with Gasteiger partial charge >= 0.3 is 12.1 Å². The fourth-order valence-electron chi connectivity index (χ4n) is 6.19. The maximum atomic E-state index is 12.8. The van der Waals surface area contributed by atoms with Gasteiger partial charge in [0, 0.05) is 24.0 Å². The molecule has 0 spiro atoms. The molecule has 8 heteroatoms. The van der Waals surface area contributed by atoms with E-state index in [4.69, 9.17) is 23.7 Å². The topological polar surface area (TPSA) is 83.5 Å². The molecule has 0 bridgehead atoms. The average Bonchev–Trinajstić information content (AvgIpc) is 3.23. The number of anilines is 3. The lowest BCUT2D eigenvalue weighted by Gasteiger charge is -2.26. The molecular weight excluding hydrogens is 727 g/mol. The molecule has 0 aliphatic heterocycles. The third-order valence-corrected chi connectivity index (χ3v) is 9.16. The van der Waals surface area contributed by atoms with Crippen molar-refractivity contribution in [3.63, 3.8) is 0 Å². The molecule has 0 fully saturated rings. The fourth-order valence-corrected chi connectivity index (χ4v) is 6.19. The van der Waals surface area contributed by atoms with Crippen molar-refractivity contribution in [2.45, 2.75) is 20.8 Å². The Morgan fingerprint density at radius 1 is 0.448 bits per heavy atom. The van der Waals surface area contributed by atoms with Gasteiger partial charge in [-0.1, -0.05) is 71.8 Å². The third-order valence-electron chi connectivity index (χ3n) is 9.16. The monoisotopic (exact) mass is 767 g/mol. The van der Waals surface area contributed by atoms with Crippen molar-refractivity contribution < 1.29 is 33.3 Å². The lowest BCUT2D eigenvalue weighted by molar-refractivity contribution is -0.131. The smallest absolute Gasteiger partial charge is 0.497 e. The molecule has 0 aliphatic rings. The highest BCUT2D eigenvalue weighted by atomic mass is 16.7. The third kappa shape index (κ3) is 9.99. The van der Waals surface area contributed by atoms with Crippen molar-refractivity contribution in [1.29, 1.82) is 0 Å². The van der Waals surface area contributed by atoms with Gasteiger partial charge in [-0.15, -0.1) is 0 Å². The van der Waals surface area contributed by atoms with Crippen LogP contribution in [0.15, 0.2) is 170 Å². The maximum absolute atomic E-state index is 12.8. The number of hydrogen-bond donors (Lipinski definition) is 0. The van der Waals surface area contributed by atoms with Crippen molar-refractivity contribution in [1.82, 2.24) is 0 Å². The number of methoxy groups -OCH3 is 1. The number of ether oxygens (including phenoxy) is 5. The van der Waals surface area contributed by atoms with Gasteiger partial charge in [-0.05, 0) is 151 Å². The van der Waals surface area contributed by atoms with Crippen LogP contribution in [0.1, 0.15) is 34.7 Å². The molecule has 7 aromatic carbocycles. The van der Waals surface area contributed by atoms with Crippen molar-refractivity contribution in [2.24, 2.45) is 0 Å². The lowest BCUT2D eigenvalue weighted by atomic mass is 9.95. The molecule has 0 atom stereocenters. The van der Waals surface area contributed by atoms with Crippen LogP contribution in [-0.4, -0.2) is 19.2 Å². The van der Waals surface area contributed by atoms with Crippen LogP contribution >= 0.6 is 0 Å². The zero-order chi connectivity index (χ0) is 40.4. The molecule has 0 saturated heterocycles. The summed E-state index contributed by atoms with van der Waals surface area (Å²) in [7, 11) is 1.65. The van der Waals surface area contributed by atoms with E-state index in [1.807, 2.05) is 36.4 Å². The molecule has 0 aliphatic carbocycles. The van der Waals surface area contributed by atoms with E-state index in [1.54, 1.807) is 67.8 Å². The lowest BCUT2D eigenvalue weighted by Crippen LogP contribution is -2.13. The first kappa shape index (κ1) is 38.7. The second-order valence-corrected chi connectivity index (χ2v) is 13.5. The number of esters is 1. The average molecular weight is 768 g/mol. The zero-order valence-electron chi connectivity index (χ0n) is 32.5. The van der Waals surface area contributed by atoms with Gasteiger partial charge in [-0.25, -0.2) is 4.79 Å². The summed E-state index contributed by atoms with van der Waals surface area (Å²) in [6.07, 6.45) is 1.27. The normalized spacial score (nSPS) is 11.0. The van der Waals surface area contributed by atoms with Crippen LogP contribution in [-0.2, 0) is 4.79 Å². The number of hydrogen-bond acceptors (Lipinski definition) is 8. The summed E-state index contributed by atoms with van der Waals surface area (Å²) in [5, 5.41) is 0. The minimum Gasteiger partial charge on any atom is -0.497 e. The molecule has 0 heterocycles. The van der Waals surface area contributed by atoms with E-state index < -0.39 is 12.1 Å². The van der Waals surface area contributed by atoms with Gasteiger partial charge in [0.05, 0.1) is 7.11 Å². The van der Waals surface area contributed by atoms with Gasteiger partial charge in [0.25, 0.3) is 0 Å². The van der Waals surface area contributed by atoms with Gasteiger partial charge in [-0.2, -0.15) is 0 Å². The van der Waals surface area contributed by atoms with Gasteiger partial charge in [0.2, 0.25) is 0 Å². The highest BCUT2D eigenvalue weighted by Gasteiger charge is 2.14. The standard InChI is InChI=1S/C50H41NO7/c1-34-5-15-40(16-6-34)51(41-17-7-35(2)8-18-41)42-19-9-37(10-20-42)33-49(38-11-21-43(54-4)22-12-38)39-13-23-47(24-14-39)57-50(53)58-48-31-29-46(30-32-48)56-45-27-25-44(26-28-45)55-36(3)52/h5-33H,1-4H3. The van der Waals surface area contributed by atoms with Crippen molar-refractivity contribution in [3.05, 3.63) is 198 Å². The number of nitrogens with zero attached hydrogens (tertiary/aromatic N) is 1. The summed E-state index contributed by atoms with van der Waals surface area (Å²) in [5.41, 5.74) is 9.51. The van der Waals surface area contributed by atoms with Crippen LogP contribution in [0.5, 0.6) is 34.5 Å². The first-order valence-electron chi connectivity index (χ1n) is 18.7. The van der Waals surface area contributed by atoms with E-state index in [1.165, 1.54) is 18.1 Å². The summed E-state index contributed by atoms with van der Waals surface area (Å²) in [4.78, 5) is 26.2. The molecule has 0 N–H and O–H groups in total. The van der Waals surface area contributed by atoms with Gasteiger partial charge < -0.3 is 28.6 Å². The largest absolute Gasteiger partial charge is 0.519 e. The Morgan fingerprint density at radius 2 is 0.810 bits per heavy atom. The van der Waals surface area contributed by atoms with E-state index in [-0.39, 0.29) is 5.75 Å². The summed E-state index contributed by atoms with van der Waals surface area (Å²) in [6, 6.07) is 54.0. The van der Waals surface area contributed by atoms with E-state index in [9.17, 15) is 9.59 Å². The molecule has 58 heavy (non-hydrogen) atoms. The van der Waals surface area contributed by atoms with E-state index in [0.717, 1.165) is 45.1 Å². The second kappa shape index (κ2) is 17.9. The quantitative estimate of drug-likeness (QED) is 0.0526. The second-order valence-electron chi connectivity index (χ2n) is 13.5. The van der Waals surface area contributed by atoms with E-state index in [0.29, 0.717) is 23.0 Å². The van der Waals surface area contributed by atoms with E-state index in [2.05, 4.69) is 97.6 Å². The summed E-state index contributed by atoms with van der Waals surface area (Å²) >= 11 is 0. The van der Waals surface area contributed by atoms with Gasteiger partial charge in [-0.3, -0.25) is 4.79 Å². The number of carbonyl (C=O) groups excluding carboxylic acids is 2. The first-order chi connectivity index (χ1) is 28.2. The molecule has 0 unspecified atom stereocenters. The molecule has 0 saturated carbocycles. The van der Waals surface area contributed by atoms with Crippen LogP contribution in [0.2, 0.25) is 0 Å². The molecular formula is C50H41NO7. The predicted octanol–water partition coefficient (Wildman–Crippen LogP) is 12.7. The molecule has 0 amide bonds. The van der Waals surface area contributed by atoms with E-state index >= 15 is 0 Å². The molecule has 8 nitrogen and oxygen atoms in total. The predicted molar refractivity (Wildman–Crippen MR) is 228 cm³/mol. The number of aryl methyl sites for hydroxylation is 2. The van der Waals surface area contributed by atoms with Crippen molar-refractivity contribution in [2.75, 3.05) is 12.0 Å². The Morgan fingerprint density at radius 3 is 1.22 bits per heavy atom. The number of rotatable bonds is 12. The molecule has 7 aromatic rings. The van der Waals surface area contributed by atoms with Crippen LogP contribution < -0.4 is 28.6 Å². The number of carbonyl (C=O) groups is 2. The summed E-state index contributed by atoms with van der Waals surface area (Å²) in [5.74, 6) is 2.48. The Balaban J connectivity index is 1.06. The Bertz CT molecular complexity index is 2450. The highest BCUT2D eigenvalue weighted by Crippen LogP contribution is 2.36. The Labute approximate surface area is 338 Å². The summed E-state index contributed by atoms with van der Waals surface area (Å²) in [6.45, 7) is 5.52. The number of benzene rings is 7. The molecule has 7 rings (SSSR count). The molecule has 0 aromatic heterocycles. The molecule has 288 valence electrons. The van der Waals surface area contributed by atoms with Crippen molar-refractivity contribution in [3.8, 4) is 34.5 Å². The highest BCUT2D eigenvalue weighted by molar-refractivity contribution is 5.92. The zero-order valence-corrected chi connectivity index (χ0v) is 32.5. The minimum absolute atomic E-state index is 0.288. The van der Waals surface area contributed by atoms with Crippen LogP contribution in [0.25, 0.3) is 11.6 Å². The summed E-state index contributed by atoms with van der Waals surface area (Å²) < 4.78 is 27.3. The fraction of sp³-hybridized carbons (Fsp3) is 0.0800. The van der Waals surface area contributed by atoms with Crippen LogP contribution in [0, 0.1) is 13.8 Å². The van der Waals surface area contributed by atoms with Crippen LogP contribution in [0.4, 0.5) is 21.9 Å². The van der Waals surface area contributed by atoms with Crippen molar-refractivity contribution >= 4 is 40.8 Å². The van der Waals surface area contributed by atoms with Gasteiger partial charge in [0.15, 0.2) is 0 Å². The minimum atomic E-state index is -0.876. The Hall–Kier alpha value is -7.58. The Kier molecular flexibility index (Phi) is 11.9. The first-order valence-corrected chi connectivity index (χ1v) is 18.7. The SMILES string of the molecule is COc1ccc(C(=Cc2ccc(N(c3ccc(C)cc3)c3ccc(C)cc3)cc2)c2ccc(OC(=O)Oc3ccc(Oc4ccc(OC(C)=O)cc4)cc3)cc2)cc1.